The largest absolute Gasteiger partial charge is 0.377 e. The van der Waals surface area contributed by atoms with E-state index in [1.165, 1.54) is 5.56 Å². The molecule has 0 saturated carbocycles. The first-order valence-corrected chi connectivity index (χ1v) is 7.47. The van der Waals surface area contributed by atoms with E-state index in [1.54, 1.807) is 0 Å². The minimum Gasteiger partial charge on any atom is -0.377 e. The summed E-state index contributed by atoms with van der Waals surface area (Å²) in [6.45, 7) is 8.39. The molecule has 1 heterocycles. The van der Waals surface area contributed by atoms with Crippen molar-refractivity contribution in [2.24, 2.45) is 0 Å². The number of hydrogen-bond donors (Lipinski definition) is 1. The smallest absolute Gasteiger partial charge is 0.0600 e. The van der Waals surface area contributed by atoms with Crippen LogP contribution >= 0.6 is 0 Å². The lowest BCUT2D eigenvalue weighted by atomic mass is 10.1. The van der Waals surface area contributed by atoms with Gasteiger partial charge in [-0.15, -0.1) is 0 Å². The lowest BCUT2D eigenvalue weighted by molar-refractivity contribution is 0.0197. The predicted octanol–water partition coefficient (Wildman–Crippen LogP) is 2.28. The van der Waals surface area contributed by atoms with E-state index in [2.05, 4.69) is 47.5 Å². The number of nitrogens with one attached hydrogen (secondary N) is 1. The van der Waals surface area contributed by atoms with E-state index in [4.69, 9.17) is 4.74 Å². The Balaban J connectivity index is 1.67. The minimum atomic E-state index is 0.469. The zero-order valence-electron chi connectivity index (χ0n) is 12.0. The maximum absolute atomic E-state index is 5.97. The van der Waals surface area contributed by atoms with Gasteiger partial charge in [0.1, 0.15) is 0 Å². The Kier molecular flexibility index (Phi) is 6.34. The summed E-state index contributed by atoms with van der Waals surface area (Å²) in [6, 6.07) is 10.7. The maximum atomic E-state index is 5.97. The summed E-state index contributed by atoms with van der Waals surface area (Å²) in [6.07, 6.45) is 2.78. The molecule has 1 fully saturated rings. The summed E-state index contributed by atoms with van der Waals surface area (Å²) in [4.78, 5) is 2.44. The van der Waals surface area contributed by atoms with Gasteiger partial charge in [0.05, 0.1) is 12.7 Å². The average Bonchev–Trinajstić information content (AvgIpc) is 2.48. The van der Waals surface area contributed by atoms with Gasteiger partial charge >= 0.3 is 0 Å². The topological polar surface area (TPSA) is 24.5 Å². The highest BCUT2D eigenvalue weighted by Gasteiger charge is 2.13. The van der Waals surface area contributed by atoms with E-state index >= 15 is 0 Å². The number of hydrogen-bond acceptors (Lipinski definition) is 3. The summed E-state index contributed by atoms with van der Waals surface area (Å²) in [5, 5.41) is 3.37. The summed E-state index contributed by atoms with van der Waals surface area (Å²) < 4.78 is 5.97. The van der Waals surface area contributed by atoms with Gasteiger partial charge in [-0.2, -0.15) is 0 Å². The van der Waals surface area contributed by atoms with Crippen molar-refractivity contribution in [3.63, 3.8) is 0 Å². The van der Waals surface area contributed by atoms with Crippen LogP contribution in [0, 0.1) is 0 Å². The average molecular weight is 262 g/mol. The second-order valence-corrected chi connectivity index (χ2v) is 5.17. The van der Waals surface area contributed by atoms with Crippen molar-refractivity contribution in [2.75, 3.05) is 32.8 Å². The van der Waals surface area contributed by atoms with Crippen LogP contribution in [0.25, 0.3) is 0 Å². The number of rotatable bonds is 7. The number of likely N-dealkylation sites (N-methyl/N-ethyl adjacent to an activating group) is 1. The molecule has 1 aromatic carbocycles. The summed E-state index contributed by atoms with van der Waals surface area (Å²) in [5.41, 5.74) is 1.38. The lowest BCUT2D eigenvalue weighted by Gasteiger charge is -2.25. The monoisotopic (exact) mass is 262 g/mol. The van der Waals surface area contributed by atoms with Crippen LogP contribution in [0.5, 0.6) is 0 Å². The number of nitrogens with zero attached hydrogens (tertiary/aromatic N) is 1. The Morgan fingerprint density at radius 2 is 1.95 bits per heavy atom. The van der Waals surface area contributed by atoms with E-state index in [0.29, 0.717) is 6.10 Å². The van der Waals surface area contributed by atoms with Gasteiger partial charge in [-0.05, 0) is 38.0 Å². The Hall–Kier alpha value is -0.900. The Bertz CT molecular complexity index is 336. The second kappa shape index (κ2) is 8.31. The SMILES string of the molecule is CCN(CCOC1CCNCC1)Cc1ccccc1. The van der Waals surface area contributed by atoms with Crippen molar-refractivity contribution in [2.45, 2.75) is 32.4 Å². The van der Waals surface area contributed by atoms with Crippen LogP contribution in [-0.2, 0) is 11.3 Å². The highest BCUT2D eigenvalue weighted by Crippen LogP contribution is 2.08. The van der Waals surface area contributed by atoms with Gasteiger partial charge < -0.3 is 10.1 Å². The fourth-order valence-corrected chi connectivity index (χ4v) is 2.50. The van der Waals surface area contributed by atoms with E-state index in [-0.39, 0.29) is 0 Å². The number of piperidine rings is 1. The molecule has 0 spiro atoms. The maximum Gasteiger partial charge on any atom is 0.0600 e. The zero-order chi connectivity index (χ0) is 13.3. The van der Waals surface area contributed by atoms with Crippen molar-refractivity contribution >= 4 is 0 Å². The van der Waals surface area contributed by atoms with Gasteiger partial charge in [0, 0.05) is 13.1 Å². The Morgan fingerprint density at radius 1 is 1.21 bits per heavy atom. The van der Waals surface area contributed by atoms with Crippen LogP contribution in [0.3, 0.4) is 0 Å². The highest BCUT2D eigenvalue weighted by molar-refractivity contribution is 5.14. The molecule has 1 aromatic rings. The summed E-state index contributed by atoms with van der Waals surface area (Å²) >= 11 is 0. The van der Waals surface area contributed by atoms with Crippen molar-refractivity contribution in [1.82, 2.24) is 10.2 Å². The zero-order valence-corrected chi connectivity index (χ0v) is 12.0. The number of ether oxygens (including phenoxy) is 1. The molecule has 0 aliphatic carbocycles. The van der Waals surface area contributed by atoms with Gasteiger partial charge in [0.25, 0.3) is 0 Å². The molecule has 1 saturated heterocycles. The Morgan fingerprint density at radius 3 is 2.63 bits per heavy atom. The van der Waals surface area contributed by atoms with Crippen molar-refractivity contribution in [3.8, 4) is 0 Å². The summed E-state index contributed by atoms with van der Waals surface area (Å²) in [5.74, 6) is 0. The molecule has 0 atom stereocenters. The van der Waals surface area contributed by atoms with Crippen LogP contribution in [-0.4, -0.2) is 43.8 Å². The molecule has 2 rings (SSSR count). The predicted molar refractivity (Wildman–Crippen MR) is 79.2 cm³/mol. The molecule has 1 aliphatic heterocycles. The first-order valence-electron chi connectivity index (χ1n) is 7.47. The van der Waals surface area contributed by atoms with E-state index in [9.17, 15) is 0 Å². The third kappa shape index (κ3) is 5.31. The van der Waals surface area contributed by atoms with Crippen molar-refractivity contribution in [3.05, 3.63) is 35.9 Å². The molecule has 0 aromatic heterocycles. The van der Waals surface area contributed by atoms with E-state index in [0.717, 1.165) is 52.2 Å². The summed E-state index contributed by atoms with van der Waals surface area (Å²) in [7, 11) is 0. The van der Waals surface area contributed by atoms with E-state index < -0.39 is 0 Å². The van der Waals surface area contributed by atoms with Gasteiger partial charge in [-0.25, -0.2) is 0 Å². The third-order valence-corrected chi connectivity index (χ3v) is 3.74. The first kappa shape index (κ1) is 14.5. The standard InChI is InChI=1S/C16H26N2O/c1-2-18(14-15-6-4-3-5-7-15)12-13-19-16-8-10-17-11-9-16/h3-7,16-17H,2,8-14H2,1H3. The molecule has 19 heavy (non-hydrogen) atoms. The van der Waals surface area contributed by atoms with Crippen LogP contribution < -0.4 is 5.32 Å². The third-order valence-electron chi connectivity index (χ3n) is 3.74. The highest BCUT2D eigenvalue weighted by atomic mass is 16.5. The molecular weight excluding hydrogens is 236 g/mol. The Labute approximate surface area is 116 Å². The quantitative estimate of drug-likeness (QED) is 0.816. The van der Waals surface area contributed by atoms with Crippen molar-refractivity contribution < 1.29 is 4.74 Å². The van der Waals surface area contributed by atoms with Gasteiger partial charge in [0.2, 0.25) is 0 Å². The van der Waals surface area contributed by atoms with E-state index in [1.807, 2.05) is 0 Å². The van der Waals surface area contributed by atoms with Crippen LogP contribution in [0.2, 0.25) is 0 Å². The molecule has 0 unspecified atom stereocenters. The molecule has 0 amide bonds. The molecule has 1 N–H and O–H groups in total. The first-order chi connectivity index (χ1) is 9.38. The molecule has 1 aliphatic rings. The molecule has 3 heteroatoms. The fraction of sp³-hybridized carbons (Fsp3) is 0.625. The molecular formula is C16H26N2O. The number of benzene rings is 1. The van der Waals surface area contributed by atoms with Crippen LogP contribution in [0.15, 0.2) is 30.3 Å². The normalized spacial score (nSPS) is 16.9. The van der Waals surface area contributed by atoms with Gasteiger partial charge in [0.15, 0.2) is 0 Å². The molecule has 0 radical (unpaired) electrons. The minimum absolute atomic E-state index is 0.469. The van der Waals surface area contributed by atoms with Crippen LogP contribution in [0.1, 0.15) is 25.3 Å². The van der Waals surface area contributed by atoms with Gasteiger partial charge in [-0.3, -0.25) is 4.90 Å². The fourth-order valence-electron chi connectivity index (χ4n) is 2.50. The molecule has 3 nitrogen and oxygen atoms in total. The van der Waals surface area contributed by atoms with Gasteiger partial charge in [-0.1, -0.05) is 37.3 Å². The van der Waals surface area contributed by atoms with Crippen LogP contribution in [0.4, 0.5) is 0 Å². The second-order valence-electron chi connectivity index (χ2n) is 5.17. The molecule has 0 bridgehead atoms. The lowest BCUT2D eigenvalue weighted by Crippen LogP contribution is -2.34. The van der Waals surface area contributed by atoms with Crippen molar-refractivity contribution in [1.29, 1.82) is 0 Å². The molecule has 106 valence electrons.